The highest BCUT2D eigenvalue weighted by Crippen LogP contribution is 2.38. The fourth-order valence-electron chi connectivity index (χ4n) is 4.10. The molecule has 13 heteroatoms. The fourth-order valence-corrected chi connectivity index (χ4v) is 5.92. The number of halogens is 5. The van der Waals surface area contributed by atoms with Crippen molar-refractivity contribution in [1.82, 2.24) is 10.2 Å². The minimum absolute atomic E-state index is 0.117. The standard InChI is InChI=1S/C30H32Cl2F3N3O4S/c1-19(2)16-36-29(40)21(4)37(17-22-7-5-6-8-26(22)31)28(39)18-38(43(41,42)24-12-9-20(3)10-13-24)23-11-14-27(32)25(15-23)30(33,34)35/h5-15,19,21H,16-18H2,1-4H3,(H,36,40)/t21-/m0/s1. The molecule has 0 spiro atoms. The van der Waals surface area contributed by atoms with Gasteiger partial charge >= 0.3 is 6.18 Å². The fraction of sp³-hybridized carbons (Fsp3) is 0.333. The number of nitrogens with zero attached hydrogens (tertiary/aromatic N) is 2. The Morgan fingerprint density at radius 3 is 2.14 bits per heavy atom. The lowest BCUT2D eigenvalue weighted by Gasteiger charge is -2.32. The average Bonchev–Trinajstić information content (AvgIpc) is 2.93. The highest BCUT2D eigenvalue weighted by molar-refractivity contribution is 7.92. The van der Waals surface area contributed by atoms with Crippen molar-refractivity contribution in [3.05, 3.63) is 93.5 Å². The van der Waals surface area contributed by atoms with Gasteiger partial charge in [0.15, 0.2) is 0 Å². The van der Waals surface area contributed by atoms with E-state index in [1.807, 2.05) is 13.8 Å². The number of anilines is 1. The number of aryl methyl sites for hydroxylation is 1. The predicted octanol–water partition coefficient (Wildman–Crippen LogP) is 6.71. The number of sulfonamides is 1. The Balaban J connectivity index is 2.12. The minimum atomic E-state index is -4.89. The molecule has 0 radical (unpaired) electrons. The highest BCUT2D eigenvalue weighted by atomic mass is 35.5. The summed E-state index contributed by atoms with van der Waals surface area (Å²) in [4.78, 5) is 27.9. The number of rotatable bonds is 11. The topological polar surface area (TPSA) is 86.8 Å². The van der Waals surface area contributed by atoms with Crippen LogP contribution in [0.5, 0.6) is 0 Å². The molecule has 0 aliphatic rings. The van der Waals surface area contributed by atoms with E-state index in [0.29, 0.717) is 27.5 Å². The molecule has 0 aromatic heterocycles. The maximum absolute atomic E-state index is 14.0. The van der Waals surface area contributed by atoms with Crippen molar-refractivity contribution in [3.63, 3.8) is 0 Å². The molecule has 0 saturated heterocycles. The van der Waals surface area contributed by atoms with Crippen molar-refractivity contribution >= 4 is 50.7 Å². The molecule has 3 rings (SSSR count). The number of nitrogens with one attached hydrogen (secondary N) is 1. The second-order valence-electron chi connectivity index (χ2n) is 10.4. The molecule has 0 bridgehead atoms. The third-order valence-corrected chi connectivity index (χ3v) is 9.07. The van der Waals surface area contributed by atoms with Crippen molar-refractivity contribution in [2.75, 3.05) is 17.4 Å². The van der Waals surface area contributed by atoms with Crippen LogP contribution >= 0.6 is 23.2 Å². The third kappa shape index (κ3) is 8.64. The second-order valence-corrected chi connectivity index (χ2v) is 13.1. The monoisotopic (exact) mass is 657 g/mol. The number of carbonyl (C=O) groups is 2. The van der Waals surface area contributed by atoms with Crippen LogP contribution in [0.1, 0.15) is 37.5 Å². The van der Waals surface area contributed by atoms with E-state index in [1.165, 1.54) is 31.2 Å². The van der Waals surface area contributed by atoms with Gasteiger partial charge < -0.3 is 10.2 Å². The molecule has 0 heterocycles. The summed E-state index contributed by atoms with van der Waals surface area (Å²) in [5.74, 6) is -1.22. The summed E-state index contributed by atoms with van der Waals surface area (Å²) in [7, 11) is -4.57. The molecule has 1 N–H and O–H groups in total. The van der Waals surface area contributed by atoms with Gasteiger partial charge in [0.25, 0.3) is 10.0 Å². The van der Waals surface area contributed by atoms with Crippen molar-refractivity contribution in [3.8, 4) is 0 Å². The van der Waals surface area contributed by atoms with Crippen molar-refractivity contribution in [2.24, 2.45) is 5.92 Å². The summed E-state index contributed by atoms with van der Waals surface area (Å²) in [5, 5.41) is 2.44. The first kappa shape index (κ1) is 34.2. The van der Waals surface area contributed by atoms with Gasteiger partial charge in [-0.15, -0.1) is 0 Å². The van der Waals surface area contributed by atoms with E-state index in [0.717, 1.165) is 22.6 Å². The van der Waals surface area contributed by atoms with E-state index in [-0.39, 0.29) is 17.4 Å². The number of alkyl halides is 3. The Morgan fingerprint density at radius 2 is 1.56 bits per heavy atom. The smallest absolute Gasteiger partial charge is 0.354 e. The quantitative estimate of drug-likeness (QED) is 0.248. The van der Waals surface area contributed by atoms with Crippen LogP contribution in [-0.4, -0.2) is 44.3 Å². The van der Waals surface area contributed by atoms with E-state index < -0.39 is 56.9 Å². The molecule has 0 saturated carbocycles. The Morgan fingerprint density at radius 1 is 0.930 bits per heavy atom. The second kappa shape index (κ2) is 14.0. The summed E-state index contributed by atoms with van der Waals surface area (Å²) in [6.45, 7) is 6.26. The molecule has 0 aliphatic carbocycles. The minimum Gasteiger partial charge on any atom is -0.354 e. The summed E-state index contributed by atoms with van der Waals surface area (Å²) >= 11 is 12.1. The van der Waals surface area contributed by atoms with Crippen LogP contribution < -0.4 is 9.62 Å². The van der Waals surface area contributed by atoms with Crippen LogP contribution in [-0.2, 0) is 32.3 Å². The Bertz CT molecular complexity index is 1570. The van der Waals surface area contributed by atoms with Crippen LogP contribution in [0, 0.1) is 12.8 Å². The maximum Gasteiger partial charge on any atom is 0.417 e. The van der Waals surface area contributed by atoms with E-state index in [2.05, 4.69) is 5.32 Å². The molecule has 3 aromatic rings. The number of carbonyl (C=O) groups excluding carboxylic acids is 2. The molecular formula is C30H32Cl2F3N3O4S. The molecule has 0 aliphatic heterocycles. The molecule has 2 amide bonds. The van der Waals surface area contributed by atoms with Gasteiger partial charge in [-0.25, -0.2) is 8.42 Å². The van der Waals surface area contributed by atoms with Crippen LogP contribution in [0.3, 0.4) is 0 Å². The Kier molecular flexibility index (Phi) is 11.1. The SMILES string of the molecule is Cc1ccc(S(=O)(=O)N(CC(=O)N(Cc2ccccc2Cl)[C@@H](C)C(=O)NCC(C)C)c2ccc(Cl)c(C(F)(F)F)c2)cc1. The molecule has 232 valence electrons. The van der Waals surface area contributed by atoms with Crippen molar-refractivity contribution in [2.45, 2.75) is 51.4 Å². The molecule has 0 unspecified atom stereocenters. The zero-order valence-corrected chi connectivity index (χ0v) is 26.3. The Labute approximate surface area is 259 Å². The highest BCUT2D eigenvalue weighted by Gasteiger charge is 2.37. The maximum atomic E-state index is 14.0. The lowest BCUT2D eigenvalue weighted by molar-refractivity contribution is -0.139. The average molecular weight is 659 g/mol. The summed E-state index contributed by atoms with van der Waals surface area (Å²) in [5.41, 5.74) is -0.461. The number of amides is 2. The van der Waals surface area contributed by atoms with E-state index in [4.69, 9.17) is 23.2 Å². The van der Waals surface area contributed by atoms with Crippen LogP contribution in [0.4, 0.5) is 18.9 Å². The number of hydrogen-bond acceptors (Lipinski definition) is 4. The largest absolute Gasteiger partial charge is 0.417 e. The molecule has 0 fully saturated rings. The van der Waals surface area contributed by atoms with Crippen LogP contribution in [0.25, 0.3) is 0 Å². The molecule has 7 nitrogen and oxygen atoms in total. The third-order valence-electron chi connectivity index (χ3n) is 6.58. The molecule has 1 atom stereocenters. The normalized spacial score (nSPS) is 12.6. The molecule has 3 aromatic carbocycles. The van der Waals surface area contributed by atoms with Gasteiger partial charge in [-0.1, -0.05) is 72.9 Å². The lowest BCUT2D eigenvalue weighted by atomic mass is 10.1. The van der Waals surface area contributed by atoms with E-state index in [9.17, 15) is 31.2 Å². The van der Waals surface area contributed by atoms with Gasteiger partial charge in [-0.2, -0.15) is 13.2 Å². The van der Waals surface area contributed by atoms with Crippen molar-refractivity contribution in [1.29, 1.82) is 0 Å². The van der Waals surface area contributed by atoms with Gasteiger partial charge in [-0.3, -0.25) is 13.9 Å². The first-order valence-corrected chi connectivity index (χ1v) is 15.5. The lowest BCUT2D eigenvalue weighted by Crippen LogP contribution is -2.51. The van der Waals surface area contributed by atoms with E-state index >= 15 is 0 Å². The van der Waals surface area contributed by atoms with Gasteiger partial charge in [0.1, 0.15) is 12.6 Å². The van der Waals surface area contributed by atoms with Crippen LogP contribution in [0.2, 0.25) is 10.0 Å². The van der Waals surface area contributed by atoms with Gasteiger partial charge in [-0.05, 0) is 61.7 Å². The first-order chi connectivity index (χ1) is 20.0. The van der Waals surface area contributed by atoms with E-state index in [1.54, 1.807) is 31.2 Å². The van der Waals surface area contributed by atoms with Gasteiger partial charge in [0, 0.05) is 18.1 Å². The van der Waals surface area contributed by atoms with Gasteiger partial charge in [0.05, 0.1) is 21.2 Å². The predicted molar refractivity (Wildman–Crippen MR) is 161 cm³/mol. The number of hydrogen-bond donors (Lipinski definition) is 1. The molecular weight excluding hydrogens is 626 g/mol. The summed E-state index contributed by atoms with van der Waals surface area (Å²) in [6.07, 6.45) is -4.89. The molecule has 43 heavy (non-hydrogen) atoms. The Hall–Kier alpha value is -3.28. The van der Waals surface area contributed by atoms with Crippen molar-refractivity contribution < 1.29 is 31.2 Å². The zero-order valence-electron chi connectivity index (χ0n) is 24.0. The zero-order chi connectivity index (χ0) is 32.1. The summed E-state index contributed by atoms with van der Waals surface area (Å²) < 4.78 is 69.7. The first-order valence-electron chi connectivity index (χ1n) is 13.3. The summed E-state index contributed by atoms with van der Waals surface area (Å²) in [6, 6.07) is 13.8. The van der Waals surface area contributed by atoms with Gasteiger partial charge in [0.2, 0.25) is 11.8 Å². The number of benzene rings is 3. The van der Waals surface area contributed by atoms with Crippen LogP contribution in [0.15, 0.2) is 71.6 Å².